The van der Waals surface area contributed by atoms with Gasteiger partial charge in [-0.15, -0.1) is 0 Å². The summed E-state index contributed by atoms with van der Waals surface area (Å²) in [6.07, 6.45) is 7.88. The van der Waals surface area contributed by atoms with Crippen molar-refractivity contribution in [1.82, 2.24) is 9.97 Å². The topological polar surface area (TPSA) is 49.8 Å². The number of nitrogens with zero attached hydrogens (tertiary/aromatic N) is 2. The lowest BCUT2D eigenvalue weighted by atomic mass is 9.78. The van der Waals surface area contributed by atoms with Gasteiger partial charge in [0, 0.05) is 18.7 Å². The zero-order valence-electron chi connectivity index (χ0n) is 13.2. The van der Waals surface area contributed by atoms with Crippen LogP contribution in [0.25, 0.3) is 0 Å². The van der Waals surface area contributed by atoms with Gasteiger partial charge in [-0.3, -0.25) is 0 Å². The monoisotopic (exact) mass is 276 g/mol. The molecule has 112 valence electrons. The lowest BCUT2D eigenvalue weighted by Crippen LogP contribution is -2.35. The fourth-order valence-corrected chi connectivity index (χ4v) is 3.40. The Labute approximate surface area is 122 Å². The Morgan fingerprint density at radius 3 is 2.55 bits per heavy atom. The molecule has 1 heterocycles. The molecule has 0 aliphatic heterocycles. The van der Waals surface area contributed by atoms with Crippen molar-refractivity contribution in [3.63, 3.8) is 0 Å². The van der Waals surface area contributed by atoms with Crippen LogP contribution in [0.5, 0.6) is 0 Å². The molecule has 2 rings (SSSR count). The van der Waals surface area contributed by atoms with Crippen molar-refractivity contribution in [2.24, 2.45) is 11.8 Å². The van der Waals surface area contributed by atoms with Gasteiger partial charge in [-0.05, 0) is 31.1 Å². The van der Waals surface area contributed by atoms with E-state index in [-0.39, 0.29) is 0 Å². The molecule has 20 heavy (non-hydrogen) atoms. The number of anilines is 2. The molecule has 1 aliphatic carbocycles. The maximum atomic E-state index is 4.48. The molecule has 1 aliphatic rings. The normalized spacial score (nSPS) is 22.9. The molecule has 1 saturated carbocycles. The molecule has 1 aromatic rings. The minimum atomic E-state index is 0.550. The van der Waals surface area contributed by atoms with E-state index in [1.54, 1.807) is 6.33 Å². The average molecular weight is 276 g/mol. The van der Waals surface area contributed by atoms with Crippen LogP contribution in [0.2, 0.25) is 0 Å². The highest BCUT2D eigenvalue weighted by Crippen LogP contribution is 2.33. The summed E-state index contributed by atoms with van der Waals surface area (Å²) < 4.78 is 0. The van der Waals surface area contributed by atoms with Crippen LogP contribution in [0, 0.1) is 11.8 Å². The molecule has 0 saturated heterocycles. The third-order valence-corrected chi connectivity index (χ3v) is 4.53. The lowest BCUT2D eigenvalue weighted by Gasteiger charge is -2.35. The largest absolute Gasteiger partial charge is 0.373 e. The fraction of sp³-hybridized carbons (Fsp3) is 0.750. The number of hydrogen-bond donors (Lipinski definition) is 2. The standard InChI is InChI=1S/C16H28N4/c1-5-12-15(17-4)18-10-19-16(12)20-14-9-7-6-8-13(14)11(2)3/h10-11,13-14H,5-9H2,1-4H3,(H2,17,18,19,20). The summed E-state index contributed by atoms with van der Waals surface area (Å²) in [5.41, 5.74) is 1.20. The second-order valence-corrected chi connectivity index (χ2v) is 6.10. The van der Waals surface area contributed by atoms with Crippen LogP contribution >= 0.6 is 0 Å². The van der Waals surface area contributed by atoms with Gasteiger partial charge in [0.05, 0.1) is 0 Å². The van der Waals surface area contributed by atoms with Gasteiger partial charge in [0.15, 0.2) is 0 Å². The summed E-state index contributed by atoms with van der Waals surface area (Å²) in [6, 6.07) is 0.550. The summed E-state index contributed by atoms with van der Waals surface area (Å²) in [7, 11) is 1.92. The molecule has 2 atom stereocenters. The van der Waals surface area contributed by atoms with Crippen molar-refractivity contribution in [1.29, 1.82) is 0 Å². The summed E-state index contributed by atoms with van der Waals surface area (Å²) in [5.74, 6) is 3.44. The third kappa shape index (κ3) is 3.22. The highest BCUT2D eigenvalue weighted by molar-refractivity contribution is 5.57. The first-order chi connectivity index (χ1) is 9.67. The Hall–Kier alpha value is -1.32. The first kappa shape index (κ1) is 15.1. The van der Waals surface area contributed by atoms with Gasteiger partial charge in [-0.1, -0.05) is 33.6 Å². The summed E-state index contributed by atoms with van der Waals surface area (Å²) in [5, 5.41) is 6.88. The Balaban J connectivity index is 2.19. The van der Waals surface area contributed by atoms with Crippen LogP contribution in [0.3, 0.4) is 0 Å². The maximum absolute atomic E-state index is 4.48. The molecule has 1 aromatic heterocycles. The zero-order chi connectivity index (χ0) is 14.5. The van der Waals surface area contributed by atoms with E-state index in [9.17, 15) is 0 Å². The zero-order valence-corrected chi connectivity index (χ0v) is 13.2. The van der Waals surface area contributed by atoms with Crippen LogP contribution in [-0.4, -0.2) is 23.1 Å². The van der Waals surface area contributed by atoms with E-state index >= 15 is 0 Å². The van der Waals surface area contributed by atoms with Gasteiger partial charge in [-0.25, -0.2) is 9.97 Å². The molecular formula is C16H28N4. The fourth-order valence-electron chi connectivity index (χ4n) is 3.40. The molecule has 0 bridgehead atoms. The molecule has 1 fully saturated rings. The van der Waals surface area contributed by atoms with Crippen molar-refractivity contribution in [3.05, 3.63) is 11.9 Å². The number of aromatic nitrogens is 2. The second-order valence-electron chi connectivity index (χ2n) is 6.10. The van der Waals surface area contributed by atoms with E-state index in [1.165, 1.54) is 31.2 Å². The van der Waals surface area contributed by atoms with Gasteiger partial charge >= 0.3 is 0 Å². The van der Waals surface area contributed by atoms with Gasteiger partial charge in [0.25, 0.3) is 0 Å². The Morgan fingerprint density at radius 1 is 1.20 bits per heavy atom. The van der Waals surface area contributed by atoms with E-state index in [4.69, 9.17) is 0 Å². The Kier molecular flexibility index (Phi) is 5.21. The molecule has 4 heteroatoms. The molecule has 0 aromatic carbocycles. The Morgan fingerprint density at radius 2 is 1.90 bits per heavy atom. The second kappa shape index (κ2) is 6.91. The van der Waals surface area contributed by atoms with Crippen molar-refractivity contribution >= 4 is 11.6 Å². The SMILES string of the molecule is CCc1c(NC)ncnc1NC1CCCCC1C(C)C. The summed E-state index contributed by atoms with van der Waals surface area (Å²) in [4.78, 5) is 8.80. The molecule has 0 spiro atoms. The molecule has 4 nitrogen and oxygen atoms in total. The average Bonchev–Trinajstić information content (AvgIpc) is 2.47. The molecular weight excluding hydrogens is 248 g/mol. The highest BCUT2D eigenvalue weighted by Gasteiger charge is 2.28. The predicted molar refractivity (Wildman–Crippen MR) is 85.2 cm³/mol. The van der Waals surface area contributed by atoms with Gasteiger partial charge in [0.1, 0.15) is 18.0 Å². The molecule has 0 amide bonds. The van der Waals surface area contributed by atoms with Crippen LogP contribution in [0.15, 0.2) is 6.33 Å². The first-order valence-corrected chi connectivity index (χ1v) is 7.95. The molecule has 2 N–H and O–H groups in total. The molecule has 0 radical (unpaired) electrons. The lowest BCUT2D eigenvalue weighted by molar-refractivity contribution is 0.253. The minimum Gasteiger partial charge on any atom is -0.373 e. The predicted octanol–water partition coefficient (Wildman–Crippen LogP) is 3.71. The van der Waals surface area contributed by atoms with Crippen molar-refractivity contribution < 1.29 is 0 Å². The van der Waals surface area contributed by atoms with E-state index in [2.05, 4.69) is 41.4 Å². The molecule has 2 unspecified atom stereocenters. The van der Waals surface area contributed by atoms with Gasteiger partial charge in [0.2, 0.25) is 0 Å². The summed E-state index contributed by atoms with van der Waals surface area (Å²) in [6.45, 7) is 6.83. The third-order valence-electron chi connectivity index (χ3n) is 4.53. The number of nitrogens with one attached hydrogen (secondary N) is 2. The van der Waals surface area contributed by atoms with Gasteiger partial charge in [-0.2, -0.15) is 0 Å². The van der Waals surface area contributed by atoms with Crippen molar-refractivity contribution in [2.75, 3.05) is 17.7 Å². The van der Waals surface area contributed by atoms with Crippen LogP contribution < -0.4 is 10.6 Å². The maximum Gasteiger partial charge on any atom is 0.134 e. The van der Waals surface area contributed by atoms with Crippen molar-refractivity contribution in [2.45, 2.75) is 58.9 Å². The van der Waals surface area contributed by atoms with E-state index in [0.29, 0.717) is 6.04 Å². The van der Waals surface area contributed by atoms with E-state index < -0.39 is 0 Å². The highest BCUT2D eigenvalue weighted by atomic mass is 15.1. The summed E-state index contributed by atoms with van der Waals surface area (Å²) >= 11 is 0. The number of hydrogen-bond acceptors (Lipinski definition) is 4. The van der Waals surface area contributed by atoms with E-state index in [0.717, 1.165) is 29.9 Å². The van der Waals surface area contributed by atoms with Gasteiger partial charge < -0.3 is 10.6 Å². The van der Waals surface area contributed by atoms with E-state index in [1.807, 2.05) is 7.05 Å². The quantitative estimate of drug-likeness (QED) is 0.861. The van der Waals surface area contributed by atoms with Crippen LogP contribution in [0.4, 0.5) is 11.6 Å². The smallest absolute Gasteiger partial charge is 0.134 e. The van der Waals surface area contributed by atoms with Crippen molar-refractivity contribution in [3.8, 4) is 0 Å². The van der Waals surface area contributed by atoms with Crippen LogP contribution in [-0.2, 0) is 6.42 Å². The minimum absolute atomic E-state index is 0.550. The van der Waals surface area contributed by atoms with Crippen LogP contribution in [0.1, 0.15) is 52.0 Å². The number of rotatable bonds is 5. The Bertz CT molecular complexity index is 430. The first-order valence-electron chi connectivity index (χ1n) is 7.95.